The summed E-state index contributed by atoms with van der Waals surface area (Å²) < 4.78 is 42.1. The van der Waals surface area contributed by atoms with Crippen LogP contribution in [-0.4, -0.2) is 38.8 Å². The van der Waals surface area contributed by atoms with Crippen LogP contribution in [0.3, 0.4) is 0 Å². The zero-order valence-corrected chi connectivity index (χ0v) is 25.1. The number of aromatic nitrogens is 2. The van der Waals surface area contributed by atoms with E-state index in [4.69, 9.17) is 4.98 Å². The van der Waals surface area contributed by atoms with E-state index in [1.54, 1.807) is 41.7 Å². The Hall–Kier alpha value is -3.96. The van der Waals surface area contributed by atoms with Gasteiger partial charge >= 0.3 is 6.36 Å². The van der Waals surface area contributed by atoms with Crippen molar-refractivity contribution in [2.75, 3.05) is 6.54 Å². The summed E-state index contributed by atoms with van der Waals surface area (Å²) in [4.78, 5) is 37.6. The molecule has 2 aliphatic rings. The maximum Gasteiger partial charge on any atom is 0.573 e. The number of aliphatic hydroxyl groups is 1. The number of thiophene rings is 1. The first kappa shape index (κ1) is 30.1. The highest BCUT2D eigenvalue weighted by atomic mass is 32.1. The summed E-state index contributed by atoms with van der Waals surface area (Å²) in [5.41, 5.74) is 3.07. The molecule has 1 fully saturated rings. The summed E-state index contributed by atoms with van der Waals surface area (Å²) in [6.45, 7) is 4.67. The Morgan fingerprint density at radius 1 is 1.09 bits per heavy atom. The Morgan fingerprint density at radius 2 is 1.82 bits per heavy atom. The van der Waals surface area contributed by atoms with E-state index in [0.29, 0.717) is 53.5 Å². The van der Waals surface area contributed by atoms with Gasteiger partial charge in [-0.1, -0.05) is 44.2 Å². The number of benzene rings is 2. The quantitative estimate of drug-likeness (QED) is 0.242. The molecule has 2 aromatic heterocycles. The van der Waals surface area contributed by atoms with Crippen LogP contribution in [0.15, 0.2) is 64.8 Å². The molecule has 44 heavy (non-hydrogen) atoms. The molecule has 1 aliphatic carbocycles. The molecule has 0 radical (unpaired) electrons. The van der Waals surface area contributed by atoms with Crippen LogP contribution in [0.25, 0.3) is 11.1 Å². The number of hydrogen-bond acceptors (Lipinski definition) is 6. The maximum atomic E-state index is 13.5. The van der Waals surface area contributed by atoms with Gasteiger partial charge in [-0.05, 0) is 83.5 Å². The lowest BCUT2D eigenvalue weighted by atomic mass is 9.99. The molecular formula is C33H32F3N3O4S. The second-order valence-corrected chi connectivity index (χ2v) is 12.7. The van der Waals surface area contributed by atoms with Gasteiger partial charge in [-0.15, -0.1) is 24.5 Å². The third-order valence-electron chi connectivity index (χ3n) is 8.40. The smallest absolute Gasteiger partial charge is 0.406 e. The SMILES string of the molecule is CC(C)c1csc(C2(c3nc4c(c(=O)[nH]3)CN(C(=O)[C@H](O)c3cccc(-c5cccc(OC(F)(F)F)c5)c3)CCC4)CC2)c1. The predicted octanol–water partition coefficient (Wildman–Crippen LogP) is 6.61. The fourth-order valence-corrected chi connectivity index (χ4v) is 7.08. The van der Waals surface area contributed by atoms with Crippen molar-refractivity contribution in [3.05, 3.63) is 103 Å². The van der Waals surface area contributed by atoms with Gasteiger partial charge in [0.2, 0.25) is 0 Å². The molecule has 2 aromatic carbocycles. The number of nitrogens with zero attached hydrogens (tertiary/aromatic N) is 2. The van der Waals surface area contributed by atoms with Gasteiger partial charge in [-0.2, -0.15) is 0 Å². The van der Waals surface area contributed by atoms with Crippen LogP contribution >= 0.6 is 11.3 Å². The first-order chi connectivity index (χ1) is 20.9. The third-order valence-corrected chi connectivity index (χ3v) is 9.55. The molecule has 0 saturated heterocycles. The van der Waals surface area contributed by atoms with Crippen molar-refractivity contribution in [3.63, 3.8) is 0 Å². The number of rotatable bonds is 7. The van der Waals surface area contributed by atoms with E-state index in [0.717, 1.165) is 12.8 Å². The highest BCUT2D eigenvalue weighted by Gasteiger charge is 2.50. The summed E-state index contributed by atoms with van der Waals surface area (Å²) in [5.74, 6) is 0.164. The Bertz CT molecular complexity index is 1760. The number of aryl methyl sites for hydroxylation is 1. The van der Waals surface area contributed by atoms with E-state index in [2.05, 4.69) is 35.0 Å². The molecule has 3 heterocycles. The fourth-order valence-electron chi connectivity index (χ4n) is 5.74. The summed E-state index contributed by atoms with van der Waals surface area (Å²) in [5, 5.41) is 13.3. The number of aromatic amines is 1. The molecule has 7 nitrogen and oxygen atoms in total. The molecule has 1 aliphatic heterocycles. The van der Waals surface area contributed by atoms with Gasteiger partial charge in [0.15, 0.2) is 6.10 Å². The number of H-pyrrole nitrogens is 1. The van der Waals surface area contributed by atoms with Crippen LogP contribution in [0.2, 0.25) is 0 Å². The lowest BCUT2D eigenvalue weighted by molar-refractivity contribution is -0.274. The van der Waals surface area contributed by atoms with E-state index in [9.17, 15) is 27.9 Å². The molecule has 0 unspecified atom stereocenters. The largest absolute Gasteiger partial charge is 0.573 e. The highest BCUT2D eigenvalue weighted by Crippen LogP contribution is 2.54. The Morgan fingerprint density at radius 3 is 2.50 bits per heavy atom. The number of carbonyl (C=O) groups is 1. The van der Waals surface area contributed by atoms with Crippen LogP contribution in [0.5, 0.6) is 5.75 Å². The molecule has 2 N–H and O–H groups in total. The summed E-state index contributed by atoms with van der Waals surface area (Å²) in [6, 6.07) is 14.2. The van der Waals surface area contributed by atoms with Crippen molar-refractivity contribution in [1.29, 1.82) is 0 Å². The predicted molar refractivity (Wildman–Crippen MR) is 161 cm³/mol. The molecule has 0 bridgehead atoms. The van der Waals surface area contributed by atoms with E-state index in [-0.39, 0.29) is 28.8 Å². The Labute approximate surface area is 256 Å². The second kappa shape index (κ2) is 11.5. The lowest BCUT2D eigenvalue weighted by Crippen LogP contribution is -2.36. The maximum absolute atomic E-state index is 13.5. The number of fused-ring (bicyclic) bond motifs is 1. The number of aliphatic hydroxyl groups excluding tert-OH is 1. The molecule has 1 saturated carbocycles. The van der Waals surface area contributed by atoms with Gasteiger partial charge in [0.05, 0.1) is 23.2 Å². The Kier molecular flexibility index (Phi) is 7.87. The number of alkyl halides is 3. The summed E-state index contributed by atoms with van der Waals surface area (Å²) in [7, 11) is 0. The molecule has 1 atom stereocenters. The van der Waals surface area contributed by atoms with Crippen molar-refractivity contribution in [2.24, 2.45) is 0 Å². The number of hydrogen-bond donors (Lipinski definition) is 2. The average Bonchev–Trinajstić information content (AvgIpc) is 3.69. The van der Waals surface area contributed by atoms with Crippen molar-refractivity contribution in [1.82, 2.24) is 14.9 Å². The highest BCUT2D eigenvalue weighted by molar-refractivity contribution is 7.10. The lowest BCUT2D eigenvalue weighted by Gasteiger charge is -2.24. The number of carbonyl (C=O) groups excluding carboxylic acids is 1. The van der Waals surface area contributed by atoms with Crippen LogP contribution in [0.1, 0.15) is 78.2 Å². The fraction of sp³-hybridized carbons (Fsp3) is 0.364. The van der Waals surface area contributed by atoms with Crippen LogP contribution in [0.4, 0.5) is 13.2 Å². The number of halogens is 3. The van der Waals surface area contributed by atoms with E-state index < -0.39 is 18.4 Å². The van der Waals surface area contributed by atoms with Gasteiger partial charge < -0.3 is 19.7 Å². The normalized spacial score (nSPS) is 16.8. The summed E-state index contributed by atoms with van der Waals surface area (Å²) in [6.07, 6.45) is -3.40. The minimum absolute atomic E-state index is 0.0217. The molecule has 1 amide bonds. The van der Waals surface area contributed by atoms with Crippen molar-refractivity contribution in [2.45, 2.75) is 69.9 Å². The second-order valence-electron chi connectivity index (χ2n) is 11.8. The zero-order chi connectivity index (χ0) is 31.2. The first-order valence-corrected chi connectivity index (χ1v) is 15.5. The topological polar surface area (TPSA) is 95.5 Å². The average molecular weight is 624 g/mol. The number of nitrogens with one attached hydrogen (secondary N) is 1. The monoisotopic (exact) mass is 623 g/mol. The van der Waals surface area contributed by atoms with Crippen molar-refractivity contribution in [3.8, 4) is 16.9 Å². The van der Waals surface area contributed by atoms with E-state index >= 15 is 0 Å². The molecule has 230 valence electrons. The van der Waals surface area contributed by atoms with E-state index in [1.165, 1.54) is 33.5 Å². The number of ether oxygens (including phenoxy) is 1. The van der Waals surface area contributed by atoms with Crippen LogP contribution < -0.4 is 10.3 Å². The van der Waals surface area contributed by atoms with Crippen LogP contribution in [0, 0.1) is 0 Å². The van der Waals surface area contributed by atoms with Gasteiger partial charge in [-0.25, -0.2) is 4.98 Å². The van der Waals surface area contributed by atoms with Gasteiger partial charge in [-0.3, -0.25) is 9.59 Å². The number of amides is 1. The third kappa shape index (κ3) is 6.03. The van der Waals surface area contributed by atoms with Gasteiger partial charge in [0, 0.05) is 11.4 Å². The molecule has 6 rings (SSSR count). The van der Waals surface area contributed by atoms with Crippen LogP contribution in [-0.2, 0) is 23.2 Å². The Balaban J connectivity index is 1.21. The first-order valence-electron chi connectivity index (χ1n) is 14.6. The van der Waals surface area contributed by atoms with E-state index in [1.807, 2.05) is 0 Å². The van der Waals surface area contributed by atoms with Crippen molar-refractivity contribution < 1.29 is 27.8 Å². The summed E-state index contributed by atoms with van der Waals surface area (Å²) >= 11 is 1.70. The molecule has 0 spiro atoms. The minimum atomic E-state index is -4.82. The van der Waals surface area contributed by atoms with Gasteiger partial charge in [0.1, 0.15) is 11.6 Å². The minimum Gasteiger partial charge on any atom is -0.406 e. The van der Waals surface area contributed by atoms with Gasteiger partial charge in [0.25, 0.3) is 11.5 Å². The molecule has 4 aromatic rings. The molecule has 11 heteroatoms. The molecular weight excluding hydrogens is 591 g/mol. The zero-order valence-electron chi connectivity index (χ0n) is 24.3. The van der Waals surface area contributed by atoms with Crippen molar-refractivity contribution >= 4 is 17.2 Å². The standard InChI is InChI=1S/C33H32F3N3O4S/c1-19(2)23-16-27(44-18-23)32(11-12-32)31-37-26-10-5-13-39(17-25(26)29(41)38-31)30(42)28(40)22-8-3-6-20(14-22)21-7-4-9-24(15-21)43-33(34,35)36/h3-4,6-9,14-16,18-19,28,40H,5,10-13,17H2,1-2H3,(H,37,38,41)/t28-/m1/s1.